The van der Waals surface area contributed by atoms with Crippen LogP contribution in [0.25, 0.3) is 0 Å². The molecule has 1 aromatic heterocycles. The Labute approximate surface area is 184 Å². The summed E-state index contributed by atoms with van der Waals surface area (Å²) in [4.78, 5) is 41.6. The maximum Gasteiger partial charge on any atom is 0.290 e. The van der Waals surface area contributed by atoms with Crippen LogP contribution in [0.4, 0.5) is 4.39 Å². The van der Waals surface area contributed by atoms with Gasteiger partial charge in [0, 0.05) is 38.5 Å². The Balaban J connectivity index is 0.000000913. The molecule has 172 valence electrons. The number of ether oxygens (including phenoxy) is 1. The van der Waals surface area contributed by atoms with Crippen LogP contribution in [0.3, 0.4) is 0 Å². The number of amides is 2. The number of fused-ring (bicyclic) bond motifs is 3. The van der Waals surface area contributed by atoms with Crippen molar-refractivity contribution in [1.29, 1.82) is 0 Å². The van der Waals surface area contributed by atoms with Gasteiger partial charge in [-0.15, -0.1) is 0 Å². The van der Waals surface area contributed by atoms with Crippen molar-refractivity contribution in [1.82, 2.24) is 24.6 Å². The van der Waals surface area contributed by atoms with Crippen LogP contribution in [0.1, 0.15) is 23.2 Å². The minimum Gasteiger partial charge on any atom is -0.483 e. The smallest absolute Gasteiger partial charge is 0.290 e. The van der Waals surface area contributed by atoms with Gasteiger partial charge in [-0.25, -0.2) is 9.37 Å². The summed E-state index contributed by atoms with van der Waals surface area (Å²) in [6.07, 6.45) is 4.15. The molecule has 2 saturated heterocycles. The van der Waals surface area contributed by atoms with Gasteiger partial charge in [-0.2, -0.15) is 5.10 Å². The van der Waals surface area contributed by atoms with Gasteiger partial charge in [-0.05, 0) is 18.6 Å². The van der Waals surface area contributed by atoms with Crippen molar-refractivity contribution in [3.05, 3.63) is 48.3 Å². The lowest BCUT2D eigenvalue weighted by Crippen LogP contribution is -2.48. The van der Waals surface area contributed by atoms with Gasteiger partial charge in [-0.1, -0.05) is 12.1 Å². The molecule has 2 atom stereocenters. The second-order valence-corrected chi connectivity index (χ2v) is 7.66. The first kappa shape index (κ1) is 23.3. The maximum absolute atomic E-state index is 14.1. The van der Waals surface area contributed by atoms with Gasteiger partial charge >= 0.3 is 0 Å². The molecule has 2 amide bonds. The van der Waals surface area contributed by atoms with Gasteiger partial charge in [0.2, 0.25) is 5.91 Å². The second kappa shape index (κ2) is 11.3. The zero-order chi connectivity index (χ0) is 22.9. The third-order valence-electron chi connectivity index (χ3n) is 5.43. The largest absolute Gasteiger partial charge is 0.483 e. The van der Waals surface area contributed by atoms with Crippen molar-refractivity contribution >= 4 is 18.3 Å². The number of carbonyl (C=O) groups is 3. The van der Waals surface area contributed by atoms with E-state index in [-0.39, 0.29) is 35.8 Å². The third-order valence-corrected chi connectivity index (χ3v) is 5.43. The first-order chi connectivity index (χ1) is 15.5. The molecule has 2 fully saturated rings. The lowest BCUT2D eigenvalue weighted by Gasteiger charge is -2.31. The monoisotopic (exact) mass is 447 g/mol. The van der Waals surface area contributed by atoms with Crippen LogP contribution in [-0.2, 0) is 20.9 Å². The summed E-state index contributed by atoms with van der Waals surface area (Å²) in [5.74, 6) is -0.798. The van der Waals surface area contributed by atoms with E-state index >= 15 is 0 Å². The van der Waals surface area contributed by atoms with Gasteiger partial charge < -0.3 is 19.6 Å². The van der Waals surface area contributed by atoms with E-state index in [1.165, 1.54) is 18.5 Å². The molecule has 2 aliphatic heterocycles. The molecule has 0 unspecified atom stereocenters. The number of carboxylic acid groups (broad SMARTS) is 1. The molecule has 1 aromatic carbocycles. The van der Waals surface area contributed by atoms with Crippen LogP contribution in [0.2, 0.25) is 0 Å². The van der Waals surface area contributed by atoms with E-state index in [9.17, 15) is 14.0 Å². The Morgan fingerprint density at radius 1 is 1.22 bits per heavy atom. The number of carbonyl (C=O) groups excluding carboxylic acids is 2. The topological polar surface area (TPSA) is 118 Å². The Hall–Kier alpha value is -3.34. The van der Waals surface area contributed by atoms with Gasteiger partial charge in [0.1, 0.15) is 18.5 Å². The Morgan fingerprint density at radius 2 is 2.00 bits per heavy atom. The number of halogens is 1. The highest BCUT2D eigenvalue weighted by Gasteiger charge is 2.37. The first-order valence-electron chi connectivity index (χ1n) is 10.3. The summed E-state index contributed by atoms with van der Waals surface area (Å²) in [5.41, 5.74) is 0.0686. The Kier molecular flexibility index (Phi) is 8.26. The molecule has 0 saturated carbocycles. The molecule has 2 aliphatic rings. The van der Waals surface area contributed by atoms with Crippen molar-refractivity contribution in [2.24, 2.45) is 5.92 Å². The van der Waals surface area contributed by atoms with Crippen LogP contribution in [-0.4, -0.2) is 86.8 Å². The van der Waals surface area contributed by atoms with E-state index in [1.54, 1.807) is 28.0 Å². The highest BCUT2D eigenvalue weighted by atomic mass is 19.1. The molecule has 11 heteroatoms. The maximum atomic E-state index is 14.1. The molecular weight excluding hydrogens is 421 g/mol. The molecule has 0 spiro atoms. The van der Waals surface area contributed by atoms with Crippen LogP contribution in [0.5, 0.6) is 0 Å². The first-order valence-corrected chi connectivity index (χ1v) is 10.3. The molecule has 10 nitrogen and oxygen atoms in total. The molecule has 4 rings (SSSR count). The van der Waals surface area contributed by atoms with Crippen molar-refractivity contribution in [2.75, 3.05) is 32.8 Å². The van der Waals surface area contributed by atoms with E-state index in [0.717, 1.165) is 0 Å². The normalized spacial score (nSPS) is 20.0. The van der Waals surface area contributed by atoms with Gasteiger partial charge in [0.15, 0.2) is 0 Å². The minimum atomic E-state index is -0.524. The predicted octanol–water partition coefficient (Wildman–Crippen LogP) is 0.898. The van der Waals surface area contributed by atoms with E-state index in [1.807, 2.05) is 4.90 Å². The van der Waals surface area contributed by atoms with Crippen molar-refractivity contribution in [3.8, 4) is 0 Å². The highest BCUT2D eigenvalue weighted by molar-refractivity contribution is 5.94. The Morgan fingerprint density at radius 3 is 2.72 bits per heavy atom. The predicted molar refractivity (Wildman–Crippen MR) is 110 cm³/mol. The lowest BCUT2D eigenvalue weighted by atomic mass is 10.1. The summed E-state index contributed by atoms with van der Waals surface area (Å²) >= 11 is 0. The van der Waals surface area contributed by atoms with E-state index in [4.69, 9.17) is 14.6 Å². The number of aromatic nitrogens is 3. The lowest BCUT2D eigenvalue weighted by molar-refractivity contribution is -0.134. The molecule has 32 heavy (non-hydrogen) atoms. The number of benzene rings is 1. The molecular formula is C21H26FN5O5. The van der Waals surface area contributed by atoms with Crippen molar-refractivity contribution in [2.45, 2.75) is 25.4 Å². The molecule has 3 heterocycles. The molecule has 0 aliphatic carbocycles. The molecule has 2 bridgehead atoms. The number of hydrogen-bond donors (Lipinski definition) is 1. The van der Waals surface area contributed by atoms with Crippen LogP contribution in [0, 0.1) is 11.7 Å². The number of nitrogens with zero attached hydrogens (tertiary/aromatic N) is 5. The summed E-state index contributed by atoms with van der Waals surface area (Å²) in [7, 11) is 0. The van der Waals surface area contributed by atoms with Crippen LogP contribution < -0.4 is 0 Å². The summed E-state index contributed by atoms with van der Waals surface area (Å²) in [5, 5.41) is 10.9. The highest BCUT2D eigenvalue weighted by Crippen LogP contribution is 2.23. The molecule has 0 radical (unpaired) electrons. The second-order valence-electron chi connectivity index (χ2n) is 7.66. The van der Waals surface area contributed by atoms with Crippen LogP contribution >= 0.6 is 0 Å². The average molecular weight is 447 g/mol. The summed E-state index contributed by atoms with van der Waals surface area (Å²) in [6.45, 7) is 2.59. The summed E-state index contributed by atoms with van der Waals surface area (Å²) in [6, 6.07) is 5.79. The fraction of sp³-hybridized carbons (Fsp3) is 0.476. The van der Waals surface area contributed by atoms with Crippen molar-refractivity contribution < 1.29 is 28.6 Å². The van der Waals surface area contributed by atoms with Gasteiger partial charge in [-0.3, -0.25) is 19.1 Å². The fourth-order valence-corrected chi connectivity index (χ4v) is 4.00. The van der Waals surface area contributed by atoms with E-state index in [2.05, 4.69) is 10.1 Å². The third kappa shape index (κ3) is 5.88. The number of rotatable bonds is 5. The molecule has 2 aromatic rings. The SMILES string of the molecule is O=C(c1ccccc1F)N1C[C@@H]2COC[C@H](C1)N(C(=O)CCCn1cncn1)C2.O=CO. The van der Waals surface area contributed by atoms with Crippen molar-refractivity contribution in [3.63, 3.8) is 0 Å². The average Bonchev–Trinajstić information content (AvgIpc) is 3.11. The van der Waals surface area contributed by atoms with Crippen LogP contribution in [0.15, 0.2) is 36.9 Å². The quantitative estimate of drug-likeness (QED) is 0.677. The van der Waals surface area contributed by atoms with Gasteiger partial charge in [0.25, 0.3) is 12.4 Å². The fourth-order valence-electron chi connectivity index (χ4n) is 4.00. The Bertz CT molecular complexity index is 910. The van der Waals surface area contributed by atoms with Gasteiger partial charge in [0.05, 0.1) is 24.8 Å². The number of aryl methyl sites for hydroxylation is 1. The standard InChI is InChI=1S/C20H24FN5O3.CH2O2/c21-18-5-2-1-4-17(18)20(28)24-8-15-9-26(16(10-24)12-29-11-15)19(27)6-3-7-25-14-22-13-23-25;2-1-3/h1-2,4-5,13-16H,3,6-12H2;1H,(H,2,3)/t15-,16-;/m0./s1. The van der Waals surface area contributed by atoms with E-state index < -0.39 is 5.82 Å². The molecule has 1 N–H and O–H groups in total. The zero-order valence-corrected chi connectivity index (χ0v) is 17.5. The summed E-state index contributed by atoms with van der Waals surface area (Å²) < 4.78 is 21.5. The number of hydrogen-bond acceptors (Lipinski definition) is 6. The minimum absolute atomic E-state index is 0.0116. The zero-order valence-electron chi connectivity index (χ0n) is 17.5. The van der Waals surface area contributed by atoms with E-state index in [0.29, 0.717) is 52.2 Å².